The van der Waals surface area contributed by atoms with Crippen LogP contribution in [0.2, 0.25) is 0 Å². The van der Waals surface area contributed by atoms with Crippen molar-refractivity contribution in [3.63, 3.8) is 0 Å². The van der Waals surface area contributed by atoms with E-state index >= 15 is 0 Å². The first-order valence-corrected chi connectivity index (χ1v) is 8.41. The van der Waals surface area contributed by atoms with Crippen molar-refractivity contribution >= 4 is 0 Å². The number of rotatable bonds is 7. The zero-order valence-electron chi connectivity index (χ0n) is 13.7. The molecule has 1 aliphatic carbocycles. The second-order valence-electron chi connectivity index (χ2n) is 6.89. The first-order chi connectivity index (χ1) is 8.99. The van der Waals surface area contributed by atoms with Crippen molar-refractivity contribution in [2.24, 2.45) is 17.8 Å². The van der Waals surface area contributed by atoms with Crippen LogP contribution in [0, 0.1) is 17.8 Å². The standard InChI is InChI=1S/C17H35NO/c1-6-8-9-18(15(5)7-2)12-16-14(4)10-13(3)11-17(16)19/h13-17,19H,6-12H2,1-5H3. The van der Waals surface area contributed by atoms with E-state index in [-0.39, 0.29) is 6.10 Å². The first kappa shape index (κ1) is 17.0. The maximum Gasteiger partial charge on any atom is 0.0585 e. The summed E-state index contributed by atoms with van der Waals surface area (Å²) < 4.78 is 0. The normalized spacial score (nSPS) is 33.6. The third-order valence-electron chi connectivity index (χ3n) is 5.10. The summed E-state index contributed by atoms with van der Waals surface area (Å²) in [5.74, 6) is 1.82. The van der Waals surface area contributed by atoms with E-state index in [0.717, 1.165) is 13.0 Å². The van der Waals surface area contributed by atoms with Gasteiger partial charge < -0.3 is 10.0 Å². The van der Waals surface area contributed by atoms with Gasteiger partial charge in [0.2, 0.25) is 0 Å². The minimum absolute atomic E-state index is 0.0908. The molecule has 1 N–H and O–H groups in total. The van der Waals surface area contributed by atoms with Crippen LogP contribution in [0.1, 0.15) is 66.7 Å². The summed E-state index contributed by atoms with van der Waals surface area (Å²) >= 11 is 0. The molecule has 2 nitrogen and oxygen atoms in total. The van der Waals surface area contributed by atoms with Gasteiger partial charge in [-0.05, 0) is 51.0 Å². The highest BCUT2D eigenvalue weighted by atomic mass is 16.3. The lowest BCUT2D eigenvalue weighted by atomic mass is 9.73. The lowest BCUT2D eigenvalue weighted by Crippen LogP contribution is -2.45. The molecule has 0 aliphatic heterocycles. The molecule has 0 bridgehead atoms. The molecule has 19 heavy (non-hydrogen) atoms. The fourth-order valence-corrected chi connectivity index (χ4v) is 3.56. The molecule has 5 atom stereocenters. The summed E-state index contributed by atoms with van der Waals surface area (Å²) in [5, 5.41) is 10.4. The highest BCUT2D eigenvalue weighted by molar-refractivity contribution is 4.85. The highest BCUT2D eigenvalue weighted by Crippen LogP contribution is 2.34. The topological polar surface area (TPSA) is 23.5 Å². The molecule has 1 saturated carbocycles. The monoisotopic (exact) mass is 269 g/mol. The van der Waals surface area contributed by atoms with Gasteiger partial charge in [0.1, 0.15) is 0 Å². The van der Waals surface area contributed by atoms with Crippen LogP contribution >= 0.6 is 0 Å². The van der Waals surface area contributed by atoms with Crippen molar-refractivity contribution in [3.05, 3.63) is 0 Å². The van der Waals surface area contributed by atoms with Crippen molar-refractivity contribution in [3.8, 4) is 0 Å². The molecule has 1 rings (SSSR count). The summed E-state index contributed by atoms with van der Waals surface area (Å²) in [4.78, 5) is 2.61. The Labute approximate surface area is 120 Å². The Kier molecular flexibility index (Phi) is 7.38. The quantitative estimate of drug-likeness (QED) is 0.757. The van der Waals surface area contributed by atoms with E-state index in [1.165, 1.54) is 32.2 Å². The zero-order chi connectivity index (χ0) is 14.4. The van der Waals surface area contributed by atoms with Crippen LogP contribution in [0.3, 0.4) is 0 Å². The van der Waals surface area contributed by atoms with Crippen molar-refractivity contribution in [2.45, 2.75) is 78.9 Å². The molecule has 5 unspecified atom stereocenters. The van der Waals surface area contributed by atoms with Gasteiger partial charge in [-0.25, -0.2) is 0 Å². The number of aliphatic hydroxyl groups is 1. The maximum absolute atomic E-state index is 10.4. The lowest BCUT2D eigenvalue weighted by molar-refractivity contribution is -0.00841. The summed E-state index contributed by atoms with van der Waals surface area (Å²) in [7, 11) is 0. The van der Waals surface area contributed by atoms with Crippen molar-refractivity contribution in [1.29, 1.82) is 0 Å². The lowest BCUT2D eigenvalue weighted by Gasteiger charge is -2.41. The molecule has 0 aromatic heterocycles. The number of nitrogens with zero attached hydrogens (tertiary/aromatic N) is 1. The molecule has 2 heteroatoms. The molecule has 0 radical (unpaired) electrons. The van der Waals surface area contributed by atoms with Gasteiger partial charge in [-0.3, -0.25) is 0 Å². The van der Waals surface area contributed by atoms with E-state index in [2.05, 4.69) is 39.5 Å². The Balaban J connectivity index is 2.60. The van der Waals surface area contributed by atoms with E-state index in [0.29, 0.717) is 23.8 Å². The fourth-order valence-electron chi connectivity index (χ4n) is 3.56. The van der Waals surface area contributed by atoms with Gasteiger partial charge >= 0.3 is 0 Å². The van der Waals surface area contributed by atoms with Gasteiger partial charge in [-0.15, -0.1) is 0 Å². The summed E-state index contributed by atoms with van der Waals surface area (Å²) in [6.07, 6.45) is 5.93. The van der Waals surface area contributed by atoms with Gasteiger partial charge in [0.25, 0.3) is 0 Å². The SMILES string of the molecule is CCCCN(CC1C(C)CC(C)CC1O)C(C)CC. The zero-order valence-corrected chi connectivity index (χ0v) is 13.7. The number of hydrogen-bond donors (Lipinski definition) is 1. The molecule has 1 aliphatic rings. The van der Waals surface area contributed by atoms with Gasteiger partial charge in [-0.1, -0.05) is 34.1 Å². The molecule has 1 fully saturated rings. The van der Waals surface area contributed by atoms with Crippen LogP contribution in [0.15, 0.2) is 0 Å². The van der Waals surface area contributed by atoms with Crippen LogP contribution in [-0.4, -0.2) is 35.2 Å². The Morgan fingerprint density at radius 3 is 2.42 bits per heavy atom. The Bertz CT molecular complexity index is 231. The van der Waals surface area contributed by atoms with Crippen LogP contribution in [-0.2, 0) is 0 Å². The fraction of sp³-hybridized carbons (Fsp3) is 1.00. The molecular weight excluding hydrogens is 234 g/mol. The summed E-state index contributed by atoms with van der Waals surface area (Å²) in [6.45, 7) is 13.7. The molecule has 114 valence electrons. The van der Waals surface area contributed by atoms with Crippen LogP contribution in [0.5, 0.6) is 0 Å². The van der Waals surface area contributed by atoms with E-state index in [1.807, 2.05) is 0 Å². The highest BCUT2D eigenvalue weighted by Gasteiger charge is 2.34. The molecule has 0 spiro atoms. The third kappa shape index (κ3) is 5.07. The molecule has 0 heterocycles. The van der Waals surface area contributed by atoms with E-state index in [9.17, 15) is 5.11 Å². The number of unbranched alkanes of at least 4 members (excludes halogenated alkanes) is 1. The van der Waals surface area contributed by atoms with Crippen molar-refractivity contribution in [1.82, 2.24) is 4.90 Å². The second kappa shape index (κ2) is 8.26. The molecule has 0 saturated heterocycles. The molecule has 0 aromatic rings. The largest absolute Gasteiger partial charge is 0.393 e. The van der Waals surface area contributed by atoms with E-state index < -0.39 is 0 Å². The Morgan fingerprint density at radius 2 is 1.89 bits per heavy atom. The predicted molar refractivity (Wildman–Crippen MR) is 83.3 cm³/mol. The number of hydrogen-bond acceptors (Lipinski definition) is 2. The summed E-state index contributed by atoms with van der Waals surface area (Å²) in [6, 6.07) is 0.644. The average molecular weight is 269 g/mol. The molecule has 0 amide bonds. The van der Waals surface area contributed by atoms with Crippen LogP contribution in [0.25, 0.3) is 0 Å². The van der Waals surface area contributed by atoms with Gasteiger partial charge in [0.15, 0.2) is 0 Å². The smallest absolute Gasteiger partial charge is 0.0585 e. The Hall–Kier alpha value is -0.0800. The number of aliphatic hydroxyl groups excluding tert-OH is 1. The van der Waals surface area contributed by atoms with Gasteiger partial charge in [0, 0.05) is 18.5 Å². The van der Waals surface area contributed by atoms with E-state index in [4.69, 9.17) is 0 Å². The third-order valence-corrected chi connectivity index (χ3v) is 5.10. The maximum atomic E-state index is 10.4. The van der Waals surface area contributed by atoms with Gasteiger partial charge in [0.05, 0.1) is 6.10 Å². The van der Waals surface area contributed by atoms with E-state index in [1.54, 1.807) is 0 Å². The molecule has 0 aromatic carbocycles. The predicted octanol–water partition coefficient (Wildman–Crippen LogP) is 3.93. The van der Waals surface area contributed by atoms with Crippen molar-refractivity contribution in [2.75, 3.05) is 13.1 Å². The van der Waals surface area contributed by atoms with Crippen LogP contribution < -0.4 is 0 Å². The summed E-state index contributed by atoms with van der Waals surface area (Å²) in [5.41, 5.74) is 0. The van der Waals surface area contributed by atoms with Gasteiger partial charge in [-0.2, -0.15) is 0 Å². The second-order valence-corrected chi connectivity index (χ2v) is 6.89. The average Bonchev–Trinajstić information content (AvgIpc) is 2.36. The minimum atomic E-state index is -0.0908. The minimum Gasteiger partial charge on any atom is -0.393 e. The first-order valence-electron chi connectivity index (χ1n) is 8.41. The molecular formula is C17H35NO. The van der Waals surface area contributed by atoms with Crippen LogP contribution in [0.4, 0.5) is 0 Å². The Morgan fingerprint density at radius 1 is 1.21 bits per heavy atom. The van der Waals surface area contributed by atoms with Crippen molar-refractivity contribution < 1.29 is 5.11 Å².